The minimum atomic E-state index is 0.401. The maximum absolute atomic E-state index is 5.32. The molecule has 0 amide bonds. The van der Waals surface area contributed by atoms with Gasteiger partial charge in [-0.25, -0.2) is 4.98 Å². The summed E-state index contributed by atoms with van der Waals surface area (Å²) >= 11 is 1.73. The van der Waals surface area contributed by atoms with E-state index in [0.717, 1.165) is 24.6 Å². The molecule has 0 saturated carbocycles. The molecule has 0 aliphatic heterocycles. The van der Waals surface area contributed by atoms with E-state index in [1.165, 1.54) is 4.88 Å². The summed E-state index contributed by atoms with van der Waals surface area (Å²) in [5.41, 5.74) is 0. The van der Waals surface area contributed by atoms with E-state index in [-0.39, 0.29) is 0 Å². The normalized spacial score (nSPS) is 13.0. The van der Waals surface area contributed by atoms with Gasteiger partial charge in [-0.3, -0.25) is 0 Å². The molecule has 86 valence electrons. The Morgan fingerprint density at radius 1 is 1.53 bits per heavy atom. The molecule has 0 spiro atoms. The van der Waals surface area contributed by atoms with Crippen LogP contribution in [0.15, 0.2) is 6.20 Å². The molecule has 15 heavy (non-hydrogen) atoms. The third-order valence-corrected chi connectivity index (χ3v) is 3.28. The first kappa shape index (κ1) is 12.6. The first-order valence-corrected chi connectivity index (χ1v) is 6.35. The molecule has 0 bridgehead atoms. The molecule has 0 aromatic carbocycles. The monoisotopic (exact) mass is 228 g/mol. The standard InChI is InChI=1S/C11H20N2OS/c1-4-6-12-9(3)10-7-13-11(15-10)8-14-5-2/h7,9,12H,4-6,8H2,1-3H3. The maximum Gasteiger partial charge on any atom is 0.119 e. The Kier molecular flexibility index (Phi) is 5.83. The van der Waals surface area contributed by atoms with Gasteiger partial charge in [0.2, 0.25) is 0 Å². The van der Waals surface area contributed by atoms with E-state index in [2.05, 4.69) is 24.1 Å². The predicted molar refractivity (Wildman–Crippen MR) is 64.2 cm³/mol. The van der Waals surface area contributed by atoms with Crippen molar-refractivity contribution in [2.45, 2.75) is 39.8 Å². The SMILES string of the molecule is CCCNC(C)c1cnc(COCC)s1. The van der Waals surface area contributed by atoms with Gasteiger partial charge in [-0.1, -0.05) is 6.92 Å². The van der Waals surface area contributed by atoms with Crippen LogP contribution in [0.1, 0.15) is 43.1 Å². The molecular weight excluding hydrogens is 208 g/mol. The van der Waals surface area contributed by atoms with Gasteiger partial charge in [0.05, 0.1) is 6.61 Å². The number of hydrogen-bond acceptors (Lipinski definition) is 4. The summed E-state index contributed by atoms with van der Waals surface area (Å²) in [5.74, 6) is 0. The summed E-state index contributed by atoms with van der Waals surface area (Å²) in [7, 11) is 0. The number of thiazole rings is 1. The first-order valence-electron chi connectivity index (χ1n) is 5.53. The van der Waals surface area contributed by atoms with Crippen molar-refractivity contribution in [2.75, 3.05) is 13.2 Å². The Balaban J connectivity index is 2.43. The smallest absolute Gasteiger partial charge is 0.119 e. The second kappa shape index (κ2) is 6.93. The summed E-state index contributed by atoms with van der Waals surface area (Å²) in [6.45, 7) is 8.79. The van der Waals surface area contributed by atoms with Crippen LogP contribution in [0.25, 0.3) is 0 Å². The van der Waals surface area contributed by atoms with Gasteiger partial charge in [-0.05, 0) is 26.8 Å². The molecule has 0 radical (unpaired) electrons. The molecule has 1 rings (SSSR count). The Morgan fingerprint density at radius 2 is 2.33 bits per heavy atom. The molecule has 1 atom stereocenters. The molecule has 0 saturated heterocycles. The third kappa shape index (κ3) is 4.28. The van der Waals surface area contributed by atoms with Crippen molar-refractivity contribution in [1.82, 2.24) is 10.3 Å². The molecule has 0 aliphatic carbocycles. The van der Waals surface area contributed by atoms with Crippen LogP contribution in [0.5, 0.6) is 0 Å². The van der Waals surface area contributed by atoms with Gasteiger partial charge in [0, 0.05) is 23.7 Å². The van der Waals surface area contributed by atoms with E-state index >= 15 is 0 Å². The van der Waals surface area contributed by atoms with Gasteiger partial charge in [-0.15, -0.1) is 11.3 Å². The fraction of sp³-hybridized carbons (Fsp3) is 0.727. The van der Waals surface area contributed by atoms with Gasteiger partial charge in [0.15, 0.2) is 0 Å². The highest BCUT2D eigenvalue weighted by molar-refractivity contribution is 7.11. The van der Waals surface area contributed by atoms with Gasteiger partial charge >= 0.3 is 0 Å². The summed E-state index contributed by atoms with van der Waals surface area (Å²) < 4.78 is 5.32. The van der Waals surface area contributed by atoms with Crippen LogP contribution in [0.4, 0.5) is 0 Å². The molecule has 0 aliphatic rings. The third-order valence-electron chi connectivity index (χ3n) is 2.13. The highest BCUT2D eigenvalue weighted by Gasteiger charge is 2.08. The quantitative estimate of drug-likeness (QED) is 0.779. The molecular formula is C11H20N2OS. The van der Waals surface area contributed by atoms with Crippen molar-refractivity contribution >= 4 is 11.3 Å². The molecule has 1 unspecified atom stereocenters. The van der Waals surface area contributed by atoms with E-state index < -0.39 is 0 Å². The Morgan fingerprint density at radius 3 is 3.00 bits per heavy atom. The van der Waals surface area contributed by atoms with Crippen molar-refractivity contribution in [2.24, 2.45) is 0 Å². The number of aromatic nitrogens is 1. The number of nitrogens with one attached hydrogen (secondary N) is 1. The lowest BCUT2D eigenvalue weighted by Crippen LogP contribution is -2.18. The van der Waals surface area contributed by atoms with Crippen molar-refractivity contribution in [1.29, 1.82) is 0 Å². The summed E-state index contributed by atoms with van der Waals surface area (Å²) in [6.07, 6.45) is 3.11. The molecule has 3 nitrogen and oxygen atoms in total. The Labute approximate surface area is 95.9 Å². The fourth-order valence-corrected chi connectivity index (χ4v) is 2.13. The molecule has 1 aromatic rings. The molecule has 0 fully saturated rings. The van der Waals surface area contributed by atoms with Gasteiger partial charge in [0.25, 0.3) is 0 Å². The van der Waals surface area contributed by atoms with Crippen LogP contribution < -0.4 is 5.32 Å². The highest BCUT2D eigenvalue weighted by Crippen LogP contribution is 2.20. The molecule has 1 aromatic heterocycles. The molecule has 1 N–H and O–H groups in total. The van der Waals surface area contributed by atoms with Crippen molar-refractivity contribution in [3.8, 4) is 0 Å². The van der Waals surface area contributed by atoms with Crippen LogP contribution in [0.2, 0.25) is 0 Å². The average molecular weight is 228 g/mol. The molecule has 1 heterocycles. The summed E-state index contributed by atoms with van der Waals surface area (Å²) in [4.78, 5) is 5.63. The number of ether oxygens (including phenoxy) is 1. The van der Waals surface area contributed by atoms with Crippen LogP contribution >= 0.6 is 11.3 Å². The highest BCUT2D eigenvalue weighted by atomic mass is 32.1. The maximum atomic E-state index is 5.32. The van der Waals surface area contributed by atoms with E-state index in [1.54, 1.807) is 11.3 Å². The minimum Gasteiger partial charge on any atom is -0.375 e. The zero-order chi connectivity index (χ0) is 11.1. The summed E-state index contributed by atoms with van der Waals surface area (Å²) in [6, 6.07) is 0.401. The van der Waals surface area contributed by atoms with Crippen molar-refractivity contribution in [3.63, 3.8) is 0 Å². The average Bonchev–Trinajstić information content (AvgIpc) is 2.71. The summed E-state index contributed by atoms with van der Waals surface area (Å²) in [5, 5.41) is 4.51. The predicted octanol–water partition coefficient (Wildman–Crippen LogP) is 2.74. The Bertz CT molecular complexity index is 275. The number of hydrogen-bond donors (Lipinski definition) is 1. The fourth-order valence-electron chi connectivity index (χ4n) is 1.24. The van der Waals surface area contributed by atoms with Crippen molar-refractivity contribution in [3.05, 3.63) is 16.1 Å². The van der Waals surface area contributed by atoms with Gasteiger partial charge in [0.1, 0.15) is 5.01 Å². The largest absolute Gasteiger partial charge is 0.375 e. The van der Waals surface area contributed by atoms with E-state index in [1.807, 2.05) is 13.1 Å². The topological polar surface area (TPSA) is 34.2 Å². The van der Waals surface area contributed by atoms with Gasteiger partial charge < -0.3 is 10.1 Å². The van der Waals surface area contributed by atoms with E-state index in [0.29, 0.717) is 12.6 Å². The van der Waals surface area contributed by atoms with Crippen LogP contribution in [-0.2, 0) is 11.3 Å². The first-order chi connectivity index (χ1) is 7.27. The second-order valence-electron chi connectivity index (χ2n) is 3.47. The van der Waals surface area contributed by atoms with E-state index in [4.69, 9.17) is 4.74 Å². The minimum absolute atomic E-state index is 0.401. The Hall–Kier alpha value is -0.450. The second-order valence-corrected chi connectivity index (χ2v) is 4.62. The van der Waals surface area contributed by atoms with Crippen molar-refractivity contribution < 1.29 is 4.74 Å². The van der Waals surface area contributed by atoms with E-state index in [9.17, 15) is 0 Å². The lowest BCUT2D eigenvalue weighted by molar-refractivity contribution is 0.134. The van der Waals surface area contributed by atoms with Crippen LogP contribution in [0, 0.1) is 0 Å². The zero-order valence-corrected chi connectivity index (χ0v) is 10.6. The molecule has 4 heteroatoms. The number of rotatable bonds is 7. The zero-order valence-electron chi connectivity index (χ0n) is 9.75. The lowest BCUT2D eigenvalue weighted by Gasteiger charge is -2.09. The lowest BCUT2D eigenvalue weighted by atomic mass is 10.3. The van der Waals surface area contributed by atoms with Gasteiger partial charge in [-0.2, -0.15) is 0 Å². The van der Waals surface area contributed by atoms with Crippen LogP contribution in [0.3, 0.4) is 0 Å². The number of nitrogens with zero attached hydrogens (tertiary/aromatic N) is 1. The van der Waals surface area contributed by atoms with Crippen LogP contribution in [-0.4, -0.2) is 18.1 Å².